The molecule has 1 fully saturated rings. The Bertz CT molecular complexity index is 431. The minimum atomic E-state index is -0.0609. The van der Waals surface area contributed by atoms with Crippen LogP contribution >= 0.6 is 11.6 Å². The van der Waals surface area contributed by atoms with Gasteiger partial charge in [0.25, 0.3) is 5.91 Å². The summed E-state index contributed by atoms with van der Waals surface area (Å²) in [5.41, 5.74) is 0.764. The first-order chi connectivity index (χ1) is 7.99. The molecule has 1 saturated carbocycles. The smallest absolute Gasteiger partial charge is 0.251 e. The molecular weight excluding hydrogens is 236 g/mol. The molecular formula is C13H17ClN2O. The summed E-state index contributed by atoms with van der Waals surface area (Å²) in [6.07, 6.45) is 4.94. The third-order valence-corrected chi connectivity index (χ3v) is 3.76. The molecule has 0 radical (unpaired) electrons. The zero-order valence-electron chi connectivity index (χ0n) is 10.2. The Labute approximate surface area is 107 Å². The minimum absolute atomic E-state index is 0.0609. The fourth-order valence-corrected chi connectivity index (χ4v) is 2.55. The van der Waals surface area contributed by atoms with E-state index in [2.05, 4.69) is 24.1 Å². The molecule has 1 N–H and O–H groups in total. The van der Waals surface area contributed by atoms with Crippen LogP contribution in [0.15, 0.2) is 18.3 Å². The number of aromatic nitrogens is 1. The van der Waals surface area contributed by atoms with E-state index in [9.17, 15) is 4.79 Å². The normalized spacial score (nSPS) is 22.4. The quantitative estimate of drug-likeness (QED) is 0.822. The molecule has 4 heteroatoms. The summed E-state index contributed by atoms with van der Waals surface area (Å²) in [6.45, 7) is 4.40. The Morgan fingerprint density at radius 3 is 2.94 bits per heavy atom. The summed E-state index contributed by atoms with van der Waals surface area (Å²) in [5.74, 6) is -0.0609. The number of nitrogens with one attached hydrogen (secondary N) is 1. The van der Waals surface area contributed by atoms with Crippen LogP contribution in [0.4, 0.5) is 0 Å². The lowest BCUT2D eigenvalue weighted by molar-refractivity contribution is 0.0910. The topological polar surface area (TPSA) is 42.0 Å². The lowest BCUT2D eigenvalue weighted by atomic mass is 9.87. The number of hydrogen-bond donors (Lipinski definition) is 1. The molecule has 1 aliphatic rings. The zero-order chi connectivity index (χ0) is 12.5. The molecule has 1 aliphatic carbocycles. The molecule has 0 spiro atoms. The second-order valence-corrected chi connectivity index (χ2v) is 5.66. The van der Waals surface area contributed by atoms with Crippen molar-refractivity contribution in [1.82, 2.24) is 10.3 Å². The summed E-state index contributed by atoms with van der Waals surface area (Å²) in [4.78, 5) is 15.9. The molecule has 1 unspecified atom stereocenters. The van der Waals surface area contributed by atoms with E-state index in [1.165, 1.54) is 6.42 Å². The van der Waals surface area contributed by atoms with E-state index >= 15 is 0 Å². The van der Waals surface area contributed by atoms with E-state index in [4.69, 9.17) is 11.6 Å². The number of nitrogens with zero attached hydrogens (tertiary/aromatic N) is 1. The highest BCUT2D eigenvalue weighted by atomic mass is 35.5. The number of amides is 1. The number of carbonyl (C=O) groups is 1. The molecule has 92 valence electrons. The van der Waals surface area contributed by atoms with E-state index in [0.717, 1.165) is 12.8 Å². The number of pyridine rings is 1. The van der Waals surface area contributed by atoms with Crippen molar-refractivity contribution in [1.29, 1.82) is 0 Å². The van der Waals surface area contributed by atoms with Crippen LogP contribution < -0.4 is 5.32 Å². The standard InChI is InChI=1S/C13H17ClN2O/c1-13(2)6-3-4-10(13)16-12(17)9-5-7-15-11(14)8-9/h5,7-8,10H,3-4,6H2,1-2H3,(H,16,17). The molecule has 1 atom stereocenters. The Balaban J connectivity index is 2.07. The van der Waals surface area contributed by atoms with Gasteiger partial charge in [0.05, 0.1) is 0 Å². The molecule has 3 nitrogen and oxygen atoms in total. The lowest BCUT2D eigenvalue weighted by Gasteiger charge is -2.27. The van der Waals surface area contributed by atoms with Crippen LogP contribution in [-0.2, 0) is 0 Å². The molecule has 1 aromatic rings. The maximum absolute atomic E-state index is 12.0. The van der Waals surface area contributed by atoms with Gasteiger partial charge < -0.3 is 5.32 Å². The van der Waals surface area contributed by atoms with Gasteiger partial charge in [-0.1, -0.05) is 31.9 Å². The predicted octanol–water partition coefficient (Wildman–Crippen LogP) is 3.04. The van der Waals surface area contributed by atoms with Crippen LogP contribution in [0.5, 0.6) is 0 Å². The molecule has 0 aliphatic heterocycles. The van der Waals surface area contributed by atoms with Crippen molar-refractivity contribution in [3.05, 3.63) is 29.0 Å². The lowest BCUT2D eigenvalue weighted by Crippen LogP contribution is -2.41. The molecule has 0 aromatic carbocycles. The summed E-state index contributed by atoms with van der Waals surface area (Å²) in [6, 6.07) is 3.53. The third-order valence-electron chi connectivity index (χ3n) is 3.55. The molecule has 17 heavy (non-hydrogen) atoms. The Morgan fingerprint density at radius 2 is 2.35 bits per heavy atom. The number of carbonyl (C=O) groups excluding carboxylic acids is 1. The van der Waals surface area contributed by atoms with Gasteiger partial charge in [0.1, 0.15) is 5.15 Å². The molecule has 1 amide bonds. The first-order valence-electron chi connectivity index (χ1n) is 5.91. The number of hydrogen-bond acceptors (Lipinski definition) is 2. The second-order valence-electron chi connectivity index (χ2n) is 5.27. The summed E-state index contributed by atoms with van der Waals surface area (Å²) in [5, 5.41) is 3.44. The van der Waals surface area contributed by atoms with Crippen LogP contribution in [0.1, 0.15) is 43.5 Å². The van der Waals surface area contributed by atoms with Crippen molar-refractivity contribution in [2.24, 2.45) is 5.41 Å². The van der Waals surface area contributed by atoms with Gasteiger partial charge in [-0.15, -0.1) is 0 Å². The fraction of sp³-hybridized carbons (Fsp3) is 0.538. The first kappa shape index (κ1) is 12.4. The average Bonchev–Trinajstić information content (AvgIpc) is 2.58. The van der Waals surface area contributed by atoms with Gasteiger partial charge in [-0.2, -0.15) is 0 Å². The highest BCUT2D eigenvalue weighted by Gasteiger charge is 2.35. The van der Waals surface area contributed by atoms with Crippen molar-refractivity contribution in [2.75, 3.05) is 0 Å². The van der Waals surface area contributed by atoms with Crippen molar-refractivity contribution in [3.63, 3.8) is 0 Å². The average molecular weight is 253 g/mol. The van der Waals surface area contributed by atoms with Crippen LogP contribution in [0, 0.1) is 5.41 Å². The van der Waals surface area contributed by atoms with Gasteiger partial charge in [-0.05, 0) is 30.4 Å². The Hall–Kier alpha value is -1.09. The number of halogens is 1. The molecule has 1 aromatic heterocycles. The van der Waals surface area contributed by atoms with E-state index in [1.54, 1.807) is 18.3 Å². The molecule has 0 saturated heterocycles. The van der Waals surface area contributed by atoms with Gasteiger partial charge in [0.2, 0.25) is 0 Å². The van der Waals surface area contributed by atoms with Gasteiger partial charge in [-0.3, -0.25) is 4.79 Å². The number of rotatable bonds is 2. The molecule has 2 rings (SSSR count). The van der Waals surface area contributed by atoms with Gasteiger partial charge in [-0.25, -0.2) is 4.98 Å². The van der Waals surface area contributed by atoms with Gasteiger partial charge >= 0.3 is 0 Å². The fourth-order valence-electron chi connectivity index (χ4n) is 2.38. The van der Waals surface area contributed by atoms with Gasteiger partial charge in [0, 0.05) is 17.8 Å². The van der Waals surface area contributed by atoms with E-state index in [0.29, 0.717) is 10.7 Å². The summed E-state index contributed by atoms with van der Waals surface area (Å²) in [7, 11) is 0. The molecule has 1 heterocycles. The van der Waals surface area contributed by atoms with Crippen LogP contribution in [0.25, 0.3) is 0 Å². The van der Waals surface area contributed by atoms with Crippen molar-refractivity contribution in [2.45, 2.75) is 39.2 Å². The van der Waals surface area contributed by atoms with Crippen LogP contribution in [0.3, 0.4) is 0 Å². The Kier molecular flexibility index (Phi) is 3.38. The van der Waals surface area contributed by atoms with E-state index in [1.807, 2.05) is 0 Å². The van der Waals surface area contributed by atoms with Crippen molar-refractivity contribution < 1.29 is 4.79 Å². The predicted molar refractivity (Wildman–Crippen MR) is 68.1 cm³/mol. The van der Waals surface area contributed by atoms with Gasteiger partial charge in [0.15, 0.2) is 0 Å². The monoisotopic (exact) mass is 252 g/mol. The Morgan fingerprint density at radius 1 is 1.59 bits per heavy atom. The van der Waals surface area contributed by atoms with Crippen LogP contribution in [0.2, 0.25) is 5.15 Å². The highest BCUT2D eigenvalue weighted by molar-refractivity contribution is 6.29. The maximum Gasteiger partial charge on any atom is 0.251 e. The summed E-state index contributed by atoms with van der Waals surface area (Å²) >= 11 is 5.77. The second kappa shape index (κ2) is 4.65. The largest absolute Gasteiger partial charge is 0.349 e. The zero-order valence-corrected chi connectivity index (χ0v) is 10.9. The SMILES string of the molecule is CC1(C)CCCC1NC(=O)c1ccnc(Cl)c1. The molecule has 0 bridgehead atoms. The van der Waals surface area contributed by atoms with Crippen molar-refractivity contribution >= 4 is 17.5 Å². The van der Waals surface area contributed by atoms with Crippen LogP contribution in [-0.4, -0.2) is 16.9 Å². The third kappa shape index (κ3) is 2.78. The minimum Gasteiger partial charge on any atom is -0.349 e. The highest BCUT2D eigenvalue weighted by Crippen LogP contribution is 2.37. The summed E-state index contributed by atoms with van der Waals surface area (Å²) < 4.78 is 0. The van der Waals surface area contributed by atoms with Crippen molar-refractivity contribution in [3.8, 4) is 0 Å². The van der Waals surface area contributed by atoms with E-state index < -0.39 is 0 Å². The van der Waals surface area contributed by atoms with E-state index in [-0.39, 0.29) is 17.4 Å². The maximum atomic E-state index is 12.0. The first-order valence-corrected chi connectivity index (χ1v) is 6.29.